The zero-order valence-electron chi connectivity index (χ0n) is 19.6. The first-order valence-electron chi connectivity index (χ1n) is 11.5. The van der Waals surface area contributed by atoms with Crippen LogP contribution in [0.1, 0.15) is 35.2 Å². The summed E-state index contributed by atoms with van der Waals surface area (Å²) in [7, 11) is 0. The van der Waals surface area contributed by atoms with Gasteiger partial charge >= 0.3 is 5.97 Å². The van der Waals surface area contributed by atoms with Crippen LogP contribution in [0.15, 0.2) is 65.6 Å². The Kier molecular flexibility index (Phi) is 9.02. The molecule has 188 valence electrons. The normalized spacial score (nSPS) is 14.4. The molecule has 6 nitrogen and oxygen atoms in total. The molecule has 1 N–H and O–H groups in total. The monoisotopic (exact) mass is 545 g/mol. The molecule has 1 aliphatic heterocycles. The molecule has 0 saturated heterocycles. The number of fused-ring (bicyclic) bond motifs is 1. The number of carbonyl (C=O) groups excluding carboxylic acids is 2. The van der Waals surface area contributed by atoms with Crippen LogP contribution >= 0.6 is 35.0 Å². The number of hydrogen-bond donors (Lipinski definition) is 1. The maximum absolute atomic E-state index is 12.5. The van der Waals surface area contributed by atoms with Gasteiger partial charge in [-0.2, -0.15) is 0 Å². The van der Waals surface area contributed by atoms with E-state index in [1.165, 1.54) is 0 Å². The third-order valence-corrected chi connectivity index (χ3v) is 7.05. The van der Waals surface area contributed by atoms with Gasteiger partial charge in [0, 0.05) is 39.4 Å². The van der Waals surface area contributed by atoms with Crippen molar-refractivity contribution in [2.75, 3.05) is 25.5 Å². The molecule has 9 heteroatoms. The van der Waals surface area contributed by atoms with Crippen LogP contribution in [0.3, 0.4) is 0 Å². The summed E-state index contributed by atoms with van der Waals surface area (Å²) in [6.45, 7) is 3.03. The summed E-state index contributed by atoms with van der Waals surface area (Å²) in [6, 6.07) is 17.8. The Morgan fingerprint density at radius 2 is 1.83 bits per heavy atom. The molecule has 0 bridgehead atoms. The lowest BCUT2D eigenvalue weighted by atomic mass is 9.93. The SMILES string of the molecule is CCOC(=O)C1CCOc2cc(Oc3ccc(C(=O)NCCSc4ccc(Cl)cc4)cc3)c(Cl)cc21. The Balaban J connectivity index is 1.33. The van der Waals surface area contributed by atoms with Gasteiger partial charge < -0.3 is 19.5 Å². The summed E-state index contributed by atoms with van der Waals surface area (Å²) in [6.07, 6.45) is 0.533. The number of halogens is 2. The Bertz CT molecular complexity index is 1220. The first-order chi connectivity index (χ1) is 17.4. The number of esters is 1. The van der Waals surface area contributed by atoms with Gasteiger partial charge in [0.05, 0.1) is 24.2 Å². The summed E-state index contributed by atoms with van der Waals surface area (Å²) in [5, 5.41) is 3.97. The van der Waals surface area contributed by atoms with Crippen LogP contribution < -0.4 is 14.8 Å². The maximum atomic E-state index is 12.5. The highest BCUT2D eigenvalue weighted by Gasteiger charge is 2.30. The summed E-state index contributed by atoms with van der Waals surface area (Å²) < 4.78 is 16.9. The van der Waals surface area contributed by atoms with E-state index in [-0.39, 0.29) is 11.9 Å². The zero-order valence-corrected chi connectivity index (χ0v) is 21.9. The highest BCUT2D eigenvalue weighted by atomic mass is 35.5. The molecule has 0 fully saturated rings. The van der Waals surface area contributed by atoms with E-state index in [4.69, 9.17) is 37.4 Å². The highest BCUT2D eigenvalue weighted by Crippen LogP contribution is 2.42. The van der Waals surface area contributed by atoms with E-state index in [1.54, 1.807) is 55.1 Å². The van der Waals surface area contributed by atoms with Gasteiger partial charge in [0.2, 0.25) is 0 Å². The fourth-order valence-electron chi connectivity index (χ4n) is 3.72. The Hall–Kier alpha value is -2.87. The fourth-order valence-corrected chi connectivity index (χ4v) is 4.83. The molecule has 0 saturated carbocycles. The first kappa shape index (κ1) is 26.2. The highest BCUT2D eigenvalue weighted by molar-refractivity contribution is 7.99. The van der Waals surface area contributed by atoms with Crippen molar-refractivity contribution in [3.63, 3.8) is 0 Å². The molecule has 4 rings (SSSR count). The second kappa shape index (κ2) is 12.4. The molecule has 3 aromatic rings. The van der Waals surface area contributed by atoms with Gasteiger partial charge in [-0.05, 0) is 67.9 Å². The van der Waals surface area contributed by atoms with Crippen molar-refractivity contribution in [1.29, 1.82) is 0 Å². The zero-order chi connectivity index (χ0) is 25.5. The van der Waals surface area contributed by atoms with Crippen LogP contribution in [0.4, 0.5) is 0 Å². The average molecular weight is 546 g/mol. The van der Waals surface area contributed by atoms with E-state index >= 15 is 0 Å². The Morgan fingerprint density at radius 1 is 1.08 bits per heavy atom. The molecule has 0 aliphatic carbocycles. The lowest BCUT2D eigenvalue weighted by Gasteiger charge is -2.25. The van der Waals surface area contributed by atoms with Crippen molar-refractivity contribution in [1.82, 2.24) is 5.32 Å². The molecular formula is C27H25Cl2NO5S. The molecule has 1 unspecified atom stereocenters. The number of ether oxygens (including phenoxy) is 3. The van der Waals surface area contributed by atoms with Gasteiger partial charge in [-0.25, -0.2) is 0 Å². The van der Waals surface area contributed by atoms with Crippen molar-refractivity contribution < 1.29 is 23.8 Å². The van der Waals surface area contributed by atoms with Gasteiger partial charge in [0.25, 0.3) is 5.91 Å². The lowest BCUT2D eigenvalue weighted by Crippen LogP contribution is -2.25. The van der Waals surface area contributed by atoms with Crippen molar-refractivity contribution in [2.24, 2.45) is 0 Å². The summed E-state index contributed by atoms with van der Waals surface area (Å²) in [5.74, 6) is 1.34. The molecule has 3 aromatic carbocycles. The Labute approximate surface area is 224 Å². The number of carbonyl (C=O) groups is 2. The number of amides is 1. The number of rotatable bonds is 9. The van der Waals surface area contributed by atoms with Crippen LogP contribution in [-0.4, -0.2) is 37.4 Å². The van der Waals surface area contributed by atoms with E-state index < -0.39 is 5.92 Å². The quantitative estimate of drug-likeness (QED) is 0.182. The average Bonchev–Trinajstić information content (AvgIpc) is 2.88. The third kappa shape index (κ3) is 6.66. The van der Waals surface area contributed by atoms with Gasteiger partial charge in [-0.1, -0.05) is 23.2 Å². The molecule has 1 amide bonds. The Morgan fingerprint density at radius 3 is 2.56 bits per heavy atom. The minimum absolute atomic E-state index is 0.163. The maximum Gasteiger partial charge on any atom is 0.313 e. The predicted molar refractivity (Wildman–Crippen MR) is 142 cm³/mol. The van der Waals surface area contributed by atoms with Crippen molar-refractivity contribution in [2.45, 2.75) is 24.2 Å². The molecule has 0 aromatic heterocycles. The van der Waals surface area contributed by atoms with Crippen molar-refractivity contribution in [3.05, 3.63) is 81.8 Å². The van der Waals surface area contributed by atoms with Gasteiger partial charge in [0.1, 0.15) is 17.2 Å². The molecular weight excluding hydrogens is 521 g/mol. The number of benzene rings is 3. The summed E-state index contributed by atoms with van der Waals surface area (Å²) in [4.78, 5) is 25.9. The van der Waals surface area contributed by atoms with Crippen LogP contribution in [0, 0.1) is 0 Å². The number of thioether (sulfide) groups is 1. The largest absolute Gasteiger partial charge is 0.493 e. The predicted octanol–water partition coefficient (Wildman–Crippen LogP) is 6.74. The van der Waals surface area contributed by atoms with Crippen LogP contribution in [-0.2, 0) is 9.53 Å². The first-order valence-corrected chi connectivity index (χ1v) is 13.3. The molecule has 1 aliphatic rings. The standard InChI is InChI=1S/C27H25Cl2NO5S/c1-2-33-27(32)21-11-13-34-24-16-25(23(29)15-22(21)24)35-19-7-3-17(4-8-19)26(31)30-12-14-36-20-9-5-18(28)6-10-20/h3-10,15-16,21H,2,11-14H2,1H3,(H,30,31). The van der Waals surface area contributed by atoms with E-state index in [2.05, 4.69) is 5.32 Å². The van der Waals surface area contributed by atoms with Crippen molar-refractivity contribution in [3.8, 4) is 17.2 Å². The molecule has 0 radical (unpaired) electrons. The fraction of sp³-hybridized carbons (Fsp3) is 0.259. The van der Waals surface area contributed by atoms with Crippen LogP contribution in [0.25, 0.3) is 0 Å². The van der Waals surface area contributed by atoms with Crippen LogP contribution in [0.2, 0.25) is 10.0 Å². The second-order valence-electron chi connectivity index (χ2n) is 7.95. The lowest BCUT2D eigenvalue weighted by molar-refractivity contribution is -0.145. The smallest absolute Gasteiger partial charge is 0.313 e. The number of hydrogen-bond acceptors (Lipinski definition) is 6. The molecule has 36 heavy (non-hydrogen) atoms. The van der Waals surface area contributed by atoms with E-state index in [9.17, 15) is 9.59 Å². The van der Waals surface area contributed by atoms with Crippen molar-refractivity contribution >= 4 is 46.8 Å². The summed E-state index contributed by atoms with van der Waals surface area (Å²) >= 11 is 14.0. The van der Waals surface area contributed by atoms with E-state index in [1.807, 2.05) is 24.3 Å². The minimum Gasteiger partial charge on any atom is -0.493 e. The van der Waals surface area contributed by atoms with Gasteiger partial charge in [0.15, 0.2) is 0 Å². The second-order valence-corrected chi connectivity index (χ2v) is 9.96. The van der Waals surface area contributed by atoms with Gasteiger partial charge in [-0.15, -0.1) is 11.8 Å². The summed E-state index contributed by atoms with van der Waals surface area (Å²) in [5.41, 5.74) is 1.22. The van der Waals surface area contributed by atoms with E-state index in [0.29, 0.717) is 64.6 Å². The third-order valence-electron chi connectivity index (χ3n) is 5.49. The topological polar surface area (TPSA) is 73.9 Å². The van der Waals surface area contributed by atoms with E-state index in [0.717, 1.165) is 10.6 Å². The molecule has 1 atom stereocenters. The van der Waals surface area contributed by atoms with Crippen LogP contribution in [0.5, 0.6) is 17.2 Å². The molecule has 0 spiro atoms. The number of nitrogens with one attached hydrogen (secondary N) is 1. The van der Waals surface area contributed by atoms with Gasteiger partial charge in [-0.3, -0.25) is 9.59 Å². The molecule has 1 heterocycles. The minimum atomic E-state index is -0.414.